The van der Waals surface area contributed by atoms with E-state index >= 15 is 0 Å². The van der Waals surface area contributed by atoms with Gasteiger partial charge >= 0.3 is 6.09 Å². The minimum atomic E-state index is -0.814. The van der Waals surface area contributed by atoms with Crippen molar-refractivity contribution in [3.8, 4) is 6.07 Å². The molecule has 210 valence electrons. The van der Waals surface area contributed by atoms with Crippen LogP contribution in [0.15, 0.2) is 58.2 Å². The van der Waals surface area contributed by atoms with Crippen molar-refractivity contribution in [3.63, 3.8) is 0 Å². The second kappa shape index (κ2) is 12.6. The Balaban J connectivity index is 1.97. The highest BCUT2D eigenvalue weighted by Gasteiger charge is 2.26. The number of nitrogens with zero attached hydrogens (tertiary/aromatic N) is 5. The maximum Gasteiger partial charge on any atom is 0.410 e. The van der Waals surface area contributed by atoms with E-state index in [-0.39, 0.29) is 23.4 Å². The maximum absolute atomic E-state index is 13.0. The molecule has 1 aromatic heterocycles. The van der Waals surface area contributed by atoms with Crippen molar-refractivity contribution in [2.45, 2.75) is 65.5 Å². The van der Waals surface area contributed by atoms with Crippen molar-refractivity contribution >= 4 is 36.1 Å². The molecule has 0 spiro atoms. The molecule has 1 aromatic carbocycles. The van der Waals surface area contributed by atoms with E-state index in [2.05, 4.69) is 38.4 Å². The zero-order valence-corrected chi connectivity index (χ0v) is 24.0. The summed E-state index contributed by atoms with van der Waals surface area (Å²) in [6.45, 7) is 15.8. The number of amidine groups is 1. The molecule has 0 aliphatic carbocycles. The smallest absolute Gasteiger partial charge is 0.410 e. The van der Waals surface area contributed by atoms with E-state index in [1.807, 2.05) is 45.9 Å². The molecular formula is C30H37N7O3. The molecule has 0 saturated heterocycles. The first kappa shape index (κ1) is 30.0. The minimum Gasteiger partial charge on any atom is -0.444 e. The molecule has 2 aromatic rings. The molecule has 10 nitrogen and oxygen atoms in total. The third-order valence-electron chi connectivity index (χ3n) is 6.07. The molecular weight excluding hydrogens is 506 g/mol. The van der Waals surface area contributed by atoms with E-state index in [0.717, 1.165) is 11.1 Å². The normalized spacial score (nSPS) is 14.1. The van der Waals surface area contributed by atoms with Crippen molar-refractivity contribution in [2.24, 2.45) is 9.98 Å². The molecule has 10 heteroatoms. The van der Waals surface area contributed by atoms with Crippen LogP contribution in [0.1, 0.15) is 58.4 Å². The van der Waals surface area contributed by atoms with Crippen molar-refractivity contribution in [2.75, 3.05) is 18.4 Å². The number of hydrogen-bond donors (Lipinski definition) is 2. The highest BCUT2D eigenvalue weighted by molar-refractivity contribution is 6.25. The molecule has 1 aliphatic heterocycles. The molecule has 1 aliphatic rings. The summed E-state index contributed by atoms with van der Waals surface area (Å²) in [4.78, 5) is 40.3. The summed E-state index contributed by atoms with van der Waals surface area (Å²) in [5, 5.41) is 15.6. The van der Waals surface area contributed by atoms with E-state index in [9.17, 15) is 14.9 Å². The number of hydrogen-bond acceptors (Lipinski definition) is 7. The van der Waals surface area contributed by atoms with Gasteiger partial charge in [-0.15, -0.1) is 0 Å². The summed E-state index contributed by atoms with van der Waals surface area (Å²) in [5.41, 5.74) is 2.16. The quantitative estimate of drug-likeness (QED) is 0.286. The van der Waals surface area contributed by atoms with Gasteiger partial charge in [-0.3, -0.25) is 9.79 Å². The summed E-state index contributed by atoms with van der Waals surface area (Å²) in [7, 11) is 0. The fourth-order valence-corrected chi connectivity index (χ4v) is 3.99. The minimum absolute atomic E-state index is 0.178. The zero-order chi connectivity index (χ0) is 29.5. The van der Waals surface area contributed by atoms with Crippen LogP contribution in [0, 0.1) is 11.3 Å². The van der Waals surface area contributed by atoms with Crippen LogP contribution >= 0.6 is 0 Å². The third-order valence-corrected chi connectivity index (χ3v) is 6.07. The van der Waals surface area contributed by atoms with Crippen LogP contribution in [0.3, 0.4) is 0 Å². The molecule has 3 rings (SSSR count). The Labute approximate surface area is 235 Å². The average molecular weight is 544 g/mol. The van der Waals surface area contributed by atoms with E-state index in [4.69, 9.17) is 4.74 Å². The van der Waals surface area contributed by atoms with Crippen molar-refractivity contribution in [3.05, 3.63) is 65.0 Å². The Morgan fingerprint density at radius 3 is 2.60 bits per heavy atom. The number of aliphatic imine (C=N–C) groups is 2. The topological polar surface area (TPSA) is 132 Å². The molecule has 0 fully saturated rings. The van der Waals surface area contributed by atoms with Gasteiger partial charge in [-0.1, -0.05) is 12.1 Å². The van der Waals surface area contributed by atoms with Gasteiger partial charge in [-0.25, -0.2) is 14.8 Å². The standard InChI is InChI=1S/C30H37N7O3/c1-8-33-27(38)23(17-32-7)26(36-25-11-9-10-24(35-25)30(5,6)19-31)34-22-13-12-21-18-37(15-14-20(21)16-22)28(39)40-29(2,3)4/h9-13,16-17H,7-8,14-15,18H2,1-6H3,(H,33,38)(H,34,35,36)/b23-17+. The summed E-state index contributed by atoms with van der Waals surface area (Å²) < 4.78 is 5.53. The van der Waals surface area contributed by atoms with Crippen LogP contribution < -0.4 is 10.6 Å². The van der Waals surface area contributed by atoms with Gasteiger partial charge in [0.15, 0.2) is 5.82 Å². The first-order valence-electron chi connectivity index (χ1n) is 13.2. The number of benzene rings is 1. The first-order valence-corrected chi connectivity index (χ1v) is 13.2. The van der Waals surface area contributed by atoms with Crippen LogP contribution in [0.2, 0.25) is 0 Å². The van der Waals surface area contributed by atoms with Crippen molar-refractivity contribution in [1.82, 2.24) is 15.2 Å². The average Bonchev–Trinajstić information content (AvgIpc) is 2.90. The summed E-state index contributed by atoms with van der Waals surface area (Å²) in [5.74, 6) is 0.179. The van der Waals surface area contributed by atoms with Gasteiger partial charge < -0.3 is 20.3 Å². The number of fused-ring (bicyclic) bond motifs is 1. The van der Waals surface area contributed by atoms with Gasteiger partial charge in [-0.05, 0) is 90.1 Å². The molecule has 2 amide bonds. The number of nitrogens with one attached hydrogen (secondary N) is 2. The third kappa shape index (κ3) is 7.76. The van der Waals surface area contributed by atoms with Gasteiger partial charge in [0.25, 0.3) is 5.91 Å². The summed E-state index contributed by atoms with van der Waals surface area (Å²) in [6.07, 6.45) is 1.66. The van der Waals surface area contributed by atoms with Crippen LogP contribution in [-0.4, -0.2) is 53.1 Å². The zero-order valence-electron chi connectivity index (χ0n) is 24.0. The lowest BCUT2D eigenvalue weighted by atomic mass is 9.91. The second-order valence-corrected chi connectivity index (χ2v) is 10.9. The fraction of sp³-hybridized carbons (Fsp3) is 0.400. The number of rotatable bonds is 7. The van der Waals surface area contributed by atoms with Crippen LogP contribution in [0.5, 0.6) is 0 Å². The number of aromatic nitrogens is 1. The largest absolute Gasteiger partial charge is 0.444 e. The Bertz CT molecular complexity index is 1380. The number of likely N-dealkylation sites (N-methyl/N-ethyl adjacent to an activating group) is 1. The Morgan fingerprint density at radius 1 is 1.20 bits per heavy atom. The van der Waals surface area contributed by atoms with Crippen molar-refractivity contribution < 1.29 is 14.3 Å². The SMILES string of the molecule is C=N/C=C(C(=O)NCC)\C(=N\c1cccc(C(C)(C)C#N)n1)Nc1ccc2c(c1)CCN(C(=O)OC(C)(C)C)C2. The number of amides is 2. The molecule has 0 saturated carbocycles. The second-order valence-electron chi connectivity index (χ2n) is 10.9. The summed E-state index contributed by atoms with van der Waals surface area (Å²) >= 11 is 0. The lowest BCUT2D eigenvalue weighted by Gasteiger charge is -2.31. The molecule has 2 heterocycles. The Kier molecular flexibility index (Phi) is 9.43. The molecule has 2 N–H and O–H groups in total. The molecule has 0 unspecified atom stereocenters. The van der Waals surface area contributed by atoms with E-state index < -0.39 is 11.0 Å². The van der Waals surface area contributed by atoms with E-state index in [1.54, 1.807) is 36.9 Å². The van der Waals surface area contributed by atoms with E-state index in [1.165, 1.54) is 6.20 Å². The van der Waals surface area contributed by atoms with Crippen LogP contribution in [0.4, 0.5) is 16.3 Å². The lowest BCUT2D eigenvalue weighted by Crippen LogP contribution is -2.39. The lowest BCUT2D eigenvalue weighted by molar-refractivity contribution is -0.116. The predicted molar refractivity (Wildman–Crippen MR) is 157 cm³/mol. The highest BCUT2D eigenvalue weighted by atomic mass is 16.6. The van der Waals surface area contributed by atoms with Gasteiger partial charge in [0.1, 0.15) is 17.0 Å². The molecule has 0 atom stereocenters. The van der Waals surface area contributed by atoms with Gasteiger partial charge in [0.05, 0.1) is 17.2 Å². The molecule has 0 radical (unpaired) electrons. The number of pyridine rings is 1. The monoisotopic (exact) mass is 543 g/mol. The molecule has 0 bridgehead atoms. The van der Waals surface area contributed by atoms with Crippen LogP contribution in [0.25, 0.3) is 0 Å². The number of carbonyl (C=O) groups excluding carboxylic acids is 2. The Morgan fingerprint density at radius 2 is 1.95 bits per heavy atom. The van der Waals surface area contributed by atoms with Crippen LogP contribution in [-0.2, 0) is 27.9 Å². The predicted octanol–water partition coefficient (Wildman–Crippen LogP) is 5.04. The van der Waals surface area contributed by atoms with E-state index in [0.29, 0.717) is 43.3 Å². The first-order chi connectivity index (χ1) is 18.9. The number of nitriles is 1. The fourth-order valence-electron chi connectivity index (χ4n) is 3.99. The number of anilines is 1. The van der Waals surface area contributed by atoms with Gasteiger partial charge in [0, 0.05) is 31.5 Å². The van der Waals surface area contributed by atoms with Gasteiger partial charge in [0.2, 0.25) is 0 Å². The number of carbonyl (C=O) groups is 2. The molecule has 40 heavy (non-hydrogen) atoms. The maximum atomic E-state index is 13.0. The number of ether oxygens (including phenoxy) is 1. The van der Waals surface area contributed by atoms with Crippen molar-refractivity contribution in [1.29, 1.82) is 5.26 Å². The highest BCUT2D eigenvalue weighted by Crippen LogP contribution is 2.26. The Hall–Kier alpha value is -4.52. The summed E-state index contributed by atoms with van der Waals surface area (Å²) in [6, 6.07) is 13.3. The van der Waals surface area contributed by atoms with Gasteiger partial charge in [-0.2, -0.15) is 5.26 Å².